The molecule has 5 nitrogen and oxygen atoms in total. The number of nitrogens with zero attached hydrogens (tertiary/aromatic N) is 1. The molecule has 1 aromatic rings. The molecule has 0 aliphatic carbocycles. The molecule has 17 heavy (non-hydrogen) atoms. The Morgan fingerprint density at radius 1 is 1.35 bits per heavy atom. The normalized spacial score (nSPS) is 19.8. The number of amides is 1. The van der Waals surface area contributed by atoms with E-state index in [1.807, 2.05) is 0 Å². The highest BCUT2D eigenvalue weighted by Crippen LogP contribution is 2.24. The van der Waals surface area contributed by atoms with Crippen LogP contribution in [0, 0.1) is 0 Å². The van der Waals surface area contributed by atoms with Gasteiger partial charge < -0.3 is 19.8 Å². The highest BCUT2D eigenvalue weighted by atomic mass is 16.5. The summed E-state index contributed by atoms with van der Waals surface area (Å²) < 4.78 is 5.22. The Hall–Kier alpha value is -1.59. The molecule has 1 amide bonds. The second-order valence-electron chi connectivity index (χ2n) is 3.93. The third-order valence-electron chi connectivity index (χ3n) is 2.61. The maximum absolute atomic E-state index is 11.5. The molecule has 1 atom stereocenters. The number of aliphatic hydroxyl groups excluding tert-OH is 2. The lowest BCUT2D eigenvalue weighted by atomic mass is 10.3. The summed E-state index contributed by atoms with van der Waals surface area (Å²) in [7, 11) is 0. The van der Waals surface area contributed by atoms with Gasteiger partial charge in [-0.25, -0.2) is 0 Å². The van der Waals surface area contributed by atoms with Gasteiger partial charge in [-0.15, -0.1) is 0 Å². The SMILES string of the molecule is O=C1CC(O)CN1c1ccc(OCCO)cc1. The van der Waals surface area contributed by atoms with Crippen molar-refractivity contribution in [2.75, 3.05) is 24.7 Å². The monoisotopic (exact) mass is 237 g/mol. The lowest BCUT2D eigenvalue weighted by molar-refractivity contribution is -0.117. The second-order valence-corrected chi connectivity index (χ2v) is 3.93. The lowest BCUT2D eigenvalue weighted by Crippen LogP contribution is -2.25. The third-order valence-corrected chi connectivity index (χ3v) is 2.61. The first-order chi connectivity index (χ1) is 8.20. The molecule has 0 bridgehead atoms. The quantitative estimate of drug-likeness (QED) is 0.782. The summed E-state index contributed by atoms with van der Waals surface area (Å²) in [6.07, 6.45) is -0.393. The number of hydrogen-bond acceptors (Lipinski definition) is 4. The van der Waals surface area contributed by atoms with Gasteiger partial charge in [0.25, 0.3) is 0 Å². The molecule has 2 rings (SSSR count). The molecule has 1 fully saturated rings. The van der Waals surface area contributed by atoms with E-state index < -0.39 is 6.10 Å². The minimum atomic E-state index is -0.576. The minimum Gasteiger partial charge on any atom is -0.491 e. The first-order valence-corrected chi connectivity index (χ1v) is 5.53. The molecule has 0 radical (unpaired) electrons. The van der Waals surface area contributed by atoms with E-state index in [1.165, 1.54) is 0 Å². The number of benzene rings is 1. The van der Waals surface area contributed by atoms with Crippen LogP contribution < -0.4 is 9.64 Å². The van der Waals surface area contributed by atoms with Gasteiger partial charge in [0.15, 0.2) is 0 Å². The van der Waals surface area contributed by atoms with E-state index in [1.54, 1.807) is 29.2 Å². The van der Waals surface area contributed by atoms with Gasteiger partial charge in [0.05, 0.1) is 25.7 Å². The van der Waals surface area contributed by atoms with Crippen molar-refractivity contribution in [1.82, 2.24) is 0 Å². The van der Waals surface area contributed by atoms with Crippen molar-refractivity contribution in [2.45, 2.75) is 12.5 Å². The minimum absolute atomic E-state index is 0.0292. The van der Waals surface area contributed by atoms with E-state index in [-0.39, 0.29) is 25.5 Å². The van der Waals surface area contributed by atoms with Gasteiger partial charge in [-0.05, 0) is 24.3 Å². The lowest BCUT2D eigenvalue weighted by Gasteiger charge is -2.16. The van der Waals surface area contributed by atoms with E-state index in [0.29, 0.717) is 12.3 Å². The Balaban J connectivity index is 2.05. The Kier molecular flexibility index (Phi) is 3.61. The maximum Gasteiger partial charge on any atom is 0.229 e. The average Bonchev–Trinajstić information content (AvgIpc) is 2.66. The Morgan fingerprint density at radius 2 is 2.06 bits per heavy atom. The number of β-amino-alcohol motifs (C(OH)–C–C–N with tert-alkyl or cyclic N) is 1. The molecule has 1 unspecified atom stereocenters. The van der Waals surface area contributed by atoms with E-state index >= 15 is 0 Å². The molecule has 0 saturated carbocycles. The summed E-state index contributed by atoms with van der Waals surface area (Å²) >= 11 is 0. The number of carbonyl (C=O) groups is 1. The van der Waals surface area contributed by atoms with Crippen LogP contribution >= 0.6 is 0 Å². The fourth-order valence-electron chi connectivity index (χ4n) is 1.82. The maximum atomic E-state index is 11.5. The molecular weight excluding hydrogens is 222 g/mol. The molecule has 1 aliphatic rings. The highest BCUT2D eigenvalue weighted by Gasteiger charge is 2.28. The van der Waals surface area contributed by atoms with Crippen LogP contribution in [0.4, 0.5) is 5.69 Å². The number of anilines is 1. The second kappa shape index (κ2) is 5.16. The van der Waals surface area contributed by atoms with Gasteiger partial charge >= 0.3 is 0 Å². The van der Waals surface area contributed by atoms with Crippen molar-refractivity contribution in [3.05, 3.63) is 24.3 Å². The van der Waals surface area contributed by atoms with Crippen LogP contribution in [0.3, 0.4) is 0 Å². The number of aliphatic hydroxyl groups is 2. The average molecular weight is 237 g/mol. The molecule has 0 aromatic heterocycles. The largest absolute Gasteiger partial charge is 0.491 e. The van der Waals surface area contributed by atoms with E-state index in [2.05, 4.69) is 0 Å². The number of carbonyl (C=O) groups excluding carboxylic acids is 1. The van der Waals surface area contributed by atoms with E-state index in [9.17, 15) is 9.90 Å². The molecule has 92 valence electrons. The molecule has 0 spiro atoms. The first kappa shape index (κ1) is 11.9. The van der Waals surface area contributed by atoms with Crippen molar-refractivity contribution in [2.24, 2.45) is 0 Å². The zero-order valence-electron chi connectivity index (χ0n) is 9.37. The van der Waals surface area contributed by atoms with Crippen molar-refractivity contribution in [3.8, 4) is 5.75 Å². The molecule has 1 saturated heterocycles. The standard InChI is InChI=1S/C12H15NO4/c14-5-6-17-11-3-1-9(2-4-11)13-8-10(15)7-12(13)16/h1-4,10,14-15H,5-8H2. The predicted molar refractivity (Wildman–Crippen MR) is 62.0 cm³/mol. The van der Waals surface area contributed by atoms with Crippen LogP contribution in [0.5, 0.6) is 5.75 Å². The molecule has 1 aliphatic heterocycles. The van der Waals surface area contributed by atoms with Crippen molar-refractivity contribution < 1.29 is 19.7 Å². The van der Waals surface area contributed by atoms with Gasteiger partial charge in [-0.2, -0.15) is 0 Å². The molecule has 1 heterocycles. The Labute approximate surface area is 99.2 Å². The number of rotatable bonds is 4. The topological polar surface area (TPSA) is 70.0 Å². The highest BCUT2D eigenvalue weighted by molar-refractivity contribution is 5.96. The first-order valence-electron chi connectivity index (χ1n) is 5.53. The summed E-state index contributed by atoms with van der Waals surface area (Å²) in [5, 5.41) is 18.0. The summed E-state index contributed by atoms with van der Waals surface area (Å²) in [4.78, 5) is 13.1. The van der Waals surface area contributed by atoms with Crippen LogP contribution in [-0.4, -0.2) is 42.0 Å². The molecule has 2 N–H and O–H groups in total. The smallest absolute Gasteiger partial charge is 0.229 e. The van der Waals surface area contributed by atoms with Gasteiger partial charge in [0.1, 0.15) is 12.4 Å². The van der Waals surface area contributed by atoms with Crippen LogP contribution in [0.15, 0.2) is 24.3 Å². The van der Waals surface area contributed by atoms with Crippen LogP contribution in [0.2, 0.25) is 0 Å². The van der Waals surface area contributed by atoms with Gasteiger partial charge in [0, 0.05) is 5.69 Å². The van der Waals surface area contributed by atoms with Crippen molar-refractivity contribution >= 4 is 11.6 Å². The zero-order valence-corrected chi connectivity index (χ0v) is 9.37. The van der Waals surface area contributed by atoms with Crippen molar-refractivity contribution in [3.63, 3.8) is 0 Å². The fourth-order valence-corrected chi connectivity index (χ4v) is 1.82. The van der Waals surface area contributed by atoms with Gasteiger partial charge in [-0.3, -0.25) is 4.79 Å². The Bertz CT molecular complexity index is 390. The summed E-state index contributed by atoms with van der Waals surface area (Å²) in [5.41, 5.74) is 0.753. The number of hydrogen-bond donors (Lipinski definition) is 2. The summed E-state index contributed by atoms with van der Waals surface area (Å²) in [6.45, 7) is 0.564. The van der Waals surface area contributed by atoms with Gasteiger partial charge in [0.2, 0.25) is 5.91 Å². The van der Waals surface area contributed by atoms with Gasteiger partial charge in [-0.1, -0.05) is 0 Å². The van der Waals surface area contributed by atoms with Crippen LogP contribution in [-0.2, 0) is 4.79 Å². The zero-order chi connectivity index (χ0) is 12.3. The summed E-state index contributed by atoms with van der Waals surface area (Å²) in [6, 6.07) is 7.01. The molecule has 5 heteroatoms. The van der Waals surface area contributed by atoms with E-state index in [4.69, 9.17) is 9.84 Å². The fraction of sp³-hybridized carbons (Fsp3) is 0.417. The third kappa shape index (κ3) is 2.75. The van der Waals surface area contributed by atoms with Crippen LogP contribution in [0.1, 0.15) is 6.42 Å². The Morgan fingerprint density at radius 3 is 2.59 bits per heavy atom. The number of ether oxygens (including phenoxy) is 1. The summed E-state index contributed by atoms with van der Waals surface area (Å²) in [5.74, 6) is 0.580. The van der Waals surface area contributed by atoms with Crippen molar-refractivity contribution in [1.29, 1.82) is 0 Å². The molecular formula is C12H15NO4. The predicted octanol–water partition coefficient (Wildman–Crippen LogP) is 0.155. The van der Waals surface area contributed by atoms with Crippen LogP contribution in [0.25, 0.3) is 0 Å². The molecule has 1 aromatic carbocycles. The van der Waals surface area contributed by atoms with E-state index in [0.717, 1.165) is 5.69 Å².